The fourth-order valence-corrected chi connectivity index (χ4v) is 3.49. The van der Waals surface area contributed by atoms with Crippen LogP contribution in [0.1, 0.15) is 25.0 Å². The van der Waals surface area contributed by atoms with E-state index in [9.17, 15) is 22.8 Å². The minimum Gasteiger partial charge on any atom is -0.297 e. The van der Waals surface area contributed by atoms with Crippen LogP contribution in [0.3, 0.4) is 0 Å². The number of hydrogen-bond acceptors (Lipinski definition) is 3. The summed E-state index contributed by atoms with van der Waals surface area (Å²) >= 11 is 0.978. The number of halogens is 3. The summed E-state index contributed by atoms with van der Waals surface area (Å²) in [6.45, 7) is 3.23. The number of hydrogen-bond donors (Lipinski definition) is 0. The van der Waals surface area contributed by atoms with Crippen molar-refractivity contribution in [2.24, 2.45) is 5.92 Å². The predicted molar refractivity (Wildman–Crippen MR) is 70.3 cm³/mol. The van der Waals surface area contributed by atoms with Crippen molar-refractivity contribution in [1.29, 1.82) is 0 Å². The highest BCUT2D eigenvalue weighted by Gasteiger charge is 2.48. The van der Waals surface area contributed by atoms with Gasteiger partial charge in [-0.05, 0) is 38.0 Å². The van der Waals surface area contributed by atoms with Crippen LogP contribution in [-0.4, -0.2) is 15.6 Å². The Balaban J connectivity index is 2.19. The molecule has 0 spiro atoms. The van der Waals surface area contributed by atoms with Gasteiger partial charge in [-0.3, -0.25) is 9.59 Å². The van der Waals surface area contributed by atoms with E-state index in [1.165, 1.54) is 12.1 Å². The van der Waals surface area contributed by atoms with Crippen LogP contribution in [0.15, 0.2) is 24.3 Å². The molecular weight excluding hydrogens is 289 g/mol. The molecule has 6 heteroatoms. The molecule has 20 heavy (non-hydrogen) atoms. The Morgan fingerprint density at radius 1 is 1.20 bits per heavy atom. The number of rotatable bonds is 2. The summed E-state index contributed by atoms with van der Waals surface area (Å²) in [6, 6.07) is 4.70. The third-order valence-electron chi connectivity index (χ3n) is 3.42. The van der Waals surface area contributed by atoms with Gasteiger partial charge in [0.15, 0.2) is 10.9 Å². The molecular formula is C14H13F3O2S. The van der Waals surface area contributed by atoms with E-state index in [-0.39, 0.29) is 17.3 Å². The Morgan fingerprint density at radius 3 is 2.15 bits per heavy atom. The van der Waals surface area contributed by atoms with Gasteiger partial charge in [0.2, 0.25) is 0 Å². The molecule has 1 fully saturated rings. The van der Waals surface area contributed by atoms with Crippen LogP contribution in [0.25, 0.3) is 0 Å². The largest absolute Gasteiger partial charge is 0.416 e. The third kappa shape index (κ3) is 2.75. The molecule has 0 N–H and O–H groups in total. The van der Waals surface area contributed by atoms with Gasteiger partial charge >= 0.3 is 6.18 Å². The molecule has 0 aromatic heterocycles. The van der Waals surface area contributed by atoms with E-state index in [1.807, 2.05) is 0 Å². The highest BCUT2D eigenvalue weighted by molar-refractivity contribution is 8.16. The molecule has 0 aliphatic carbocycles. The molecule has 1 aliphatic heterocycles. The van der Waals surface area contributed by atoms with E-state index in [0.717, 1.165) is 23.9 Å². The normalized spacial score (nSPS) is 27.1. The first-order valence-corrected chi connectivity index (χ1v) is 6.88. The molecule has 1 aromatic carbocycles. The van der Waals surface area contributed by atoms with Crippen LogP contribution in [0.5, 0.6) is 0 Å². The molecule has 108 valence electrons. The van der Waals surface area contributed by atoms with Crippen LogP contribution >= 0.6 is 11.8 Å². The number of alkyl halides is 3. The summed E-state index contributed by atoms with van der Waals surface area (Å²) in [7, 11) is 0. The van der Waals surface area contributed by atoms with Gasteiger partial charge in [0.25, 0.3) is 0 Å². The number of thioether (sulfide) groups is 1. The molecule has 2 unspecified atom stereocenters. The number of Topliss-reactive ketones (excluding diaryl/α,β-unsaturated/α-hetero) is 1. The van der Waals surface area contributed by atoms with Gasteiger partial charge < -0.3 is 0 Å². The van der Waals surface area contributed by atoms with Gasteiger partial charge in [-0.25, -0.2) is 0 Å². The quantitative estimate of drug-likeness (QED) is 0.784. The van der Waals surface area contributed by atoms with Crippen molar-refractivity contribution in [3.05, 3.63) is 35.4 Å². The average molecular weight is 302 g/mol. The summed E-state index contributed by atoms with van der Waals surface area (Å²) in [4.78, 5) is 23.6. The lowest BCUT2D eigenvalue weighted by Gasteiger charge is -2.20. The lowest BCUT2D eigenvalue weighted by molar-refractivity contribution is -0.137. The molecule has 1 aliphatic rings. The maximum absolute atomic E-state index is 12.5. The summed E-state index contributed by atoms with van der Waals surface area (Å²) in [5.74, 6) is -0.799. The second-order valence-electron chi connectivity index (χ2n) is 5.11. The average Bonchev–Trinajstić information content (AvgIpc) is 2.53. The summed E-state index contributed by atoms with van der Waals surface area (Å²) in [5.41, 5.74) is -0.107. The Labute approximate surface area is 118 Å². The SMILES string of the molecule is CC1C(=O)SC(C)(Cc2ccc(C(F)(F)F)cc2)C1=O. The molecule has 0 bridgehead atoms. The zero-order valence-corrected chi connectivity index (χ0v) is 11.8. The molecule has 1 heterocycles. The van der Waals surface area contributed by atoms with Crippen LogP contribution in [0.2, 0.25) is 0 Å². The Morgan fingerprint density at radius 2 is 1.75 bits per heavy atom. The van der Waals surface area contributed by atoms with Crippen LogP contribution in [0, 0.1) is 5.92 Å². The molecule has 0 radical (unpaired) electrons. The lowest BCUT2D eigenvalue weighted by atomic mass is 9.90. The highest BCUT2D eigenvalue weighted by atomic mass is 32.2. The maximum atomic E-state index is 12.5. The van der Waals surface area contributed by atoms with Crippen LogP contribution < -0.4 is 0 Å². The second kappa shape index (κ2) is 4.91. The minimum atomic E-state index is -4.37. The van der Waals surface area contributed by atoms with E-state index in [0.29, 0.717) is 5.56 Å². The Kier molecular flexibility index (Phi) is 3.71. The fraction of sp³-hybridized carbons (Fsp3) is 0.429. The van der Waals surface area contributed by atoms with Gasteiger partial charge in [0, 0.05) is 0 Å². The molecule has 0 saturated carbocycles. The molecule has 2 atom stereocenters. The van der Waals surface area contributed by atoms with E-state index >= 15 is 0 Å². The summed E-state index contributed by atoms with van der Waals surface area (Å²) < 4.78 is 36.5. The van der Waals surface area contributed by atoms with Crippen molar-refractivity contribution in [1.82, 2.24) is 0 Å². The van der Waals surface area contributed by atoms with Crippen molar-refractivity contribution in [3.63, 3.8) is 0 Å². The monoisotopic (exact) mass is 302 g/mol. The van der Waals surface area contributed by atoms with Gasteiger partial charge in [0.05, 0.1) is 16.2 Å². The lowest BCUT2D eigenvalue weighted by Crippen LogP contribution is -2.32. The van der Waals surface area contributed by atoms with E-state index in [1.54, 1.807) is 13.8 Å². The first-order chi connectivity index (χ1) is 9.13. The van der Waals surface area contributed by atoms with Crippen molar-refractivity contribution in [2.75, 3.05) is 0 Å². The second-order valence-corrected chi connectivity index (χ2v) is 6.62. The number of ketones is 1. The summed E-state index contributed by atoms with van der Waals surface area (Å²) in [6.07, 6.45) is -4.12. The first kappa shape index (κ1) is 15.1. The van der Waals surface area contributed by atoms with Gasteiger partial charge in [-0.2, -0.15) is 13.2 Å². The fourth-order valence-electron chi connectivity index (χ4n) is 2.25. The summed E-state index contributed by atoms with van der Waals surface area (Å²) in [5, 5.41) is -0.176. The zero-order chi connectivity index (χ0) is 15.1. The smallest absolute Gasteiger partial charge is 0.297 e. The van der Waals surface area contributed by atoms with Crippen molar-refractivity contribution >= 4 is 22.7 Å². The predicted octanol–water partition coefficient (Wildman–Crippen LogP) is 3.49. The number of carbonyl (C=O) groups excluding carboxylic acids is 2. The standard InChI is InChI=1S/C14H13F3O2S/c1-8-11(18)13(2,20-12(8)19)7-9-3-5-10(6-4-9)14(15,16)17/h3-6,8H,7H2,1-2H3. The van der Waals surface area contributed by atoms with E-state index < -0.39 is 22.4 Å². The third-order valence-corrected chi connectivity index (χ3v) is 4.77. The van der Waals surface area contributed by atoms with E-state index in [4.69, 9.17) is 0 Å². The van der Waals surface area contributed by atoms with Gasteiger partial charge in [0.1, 0.15) is 0 Å². The molecule has 2 rings (SSSR count). The zero-order valence-electron chi connectivity index (χ0n) is 11.0. The van der Waals surface area contributed by atoms with Crippen molar-refractivity contribution in [2.45, 2.75) is 31.2 Å². The highest BCUT2D eigenvalue weighted by Crippen LogP contribution is 2.42. The Hall–Kier alpha value is -1.30. The number of carbonyl (C=O) groups is 2. The van der Waals surface area contributed by atoms with Gasteiger partial charge in [-0.1, -0.05) is 23.9 Å². The van der Waals surface area contributed by atoms with Crippen molar-refractivity contribution in [3.8, 4) is 0 Å². The molecule has 0 amide bonds. The molecule has 1 saturated heterocycles. The van der Waals surface area contributed by atoms with E-state index in [2.05, 4.69) is 0 Å². The number of benzene rings is 1. The topological polar surface area (TPSA) is 34.1 Å². The van der Waals surface area contributed by atoms with Crippen molar-refractivity contribution < 1.29 is 22.8 Å². The van der Waals surface area contributed by atoms with Crippen LogP contribution in [0.4, 0.5) is 13.2 Å². The Bertz CT molecular complexity index is 551. The van der Waals surface area contributed by atoms with Crippen LogP contribution in [-0.2, 0) is 22.2 Å². The minimum absolute atomic E-state index is 0.160. The first-order valence-electron chi connectivity index (χ1n) is 6.07. The maximum Gasteiger partial charge on any atom is 0.416 e. The van der Waals surface area contributed by atoms with Gasteiger partial charge in [-0.15, -0.1) is 0 Å². The molecule has 2 nitrogen and oxygen atoms in total. The molecule has 1 aromatic rings.